The van der Waals surface area contributed by atoms with Gasteiger partial charge in [0.15, 0.2) is 0 Å². The van der Waals surface area contributed by atoms with Crippen molar-refractivity contribution in [1.82, 2.24) is 4.57 Å². The van der Waals surface area contributed by atoms with Crippen LogP contribution in [0.4, 0.5) is 5.69 Å². The minimum Gasteiger partial charge on any atom is -0.367 e. The van der Waals surface area contributed by atoms with Gasteiger partial charge in [-0.2, -0.15) is 8.42 Å². The van der Waals surface area contributed by atoms with E-state index in [4.69, 9.17) is 16.1 Å². The van der Waals surface area contributed by atoms with E-state index < -0.39 is 26.2 Å². The number of nitrogens with two attached hydrogens (primary N) is 2. The first-order valence-corrected chi connectivity index (χ1v) is 13.1. The summed E-state index contributed by atoms with van der Waals surface area (Å²) in [7, 11) is -4.08. The first-order valence-electron chi connectivity index (χ1n) is 11.5. The number of nitrogens with zero attached hydrogens (tertiary/aromatic N) is 4. The van der Waals surface area contributed by atoms with Crippen LogP contribution in [0.2, 0.25) is 0 Å². The number of fused-ring (bicyclic) bond motifs is 2. The van der Waals surface area contributed by atoms with Gasteiger partial charge < -0.3 is 16.1 Å². The second-order valence-electron chi connectivity index (χ2n) is 9.57. The summed E-state index contributed by atoms with van der Waals surface area (Å²) in [5, 5.41) is 14.3. The minimum atomic E-state index is -4.08. The van der Waals surface area contributed by atoms with E-state index in [9.17, 15) is 23.3 Å². The standard InChI is InChI=1S/C14H14N6O2.C10H16O4S/c15-14(18-16)17-9-3-5-11-6-4-10-19(11)12-7-1-2-8-13(12)20(21)22;1-9(2)7-3-4-10(9,8(11)5-7)6-15(12,13)14/h1-10H,16H2,(H2,15,18);7H,3-6H2,1-2H3,(H,12,13,14). The highest BCUT2D eigenvalue weighted by Gasteiger charge is 2.65. The molecule has 198 valence electrons. The van der Waals surface area contributed by atoms with E-state index in [1.165, 1.54) is 12.3 Å². The topological polar surface area (TPSA) is 196 Å². The molecule has 0 amide bonds. The van der Waals surface area contributed by atoms with Crippen LogP contribution in [-0.4, -0.2) is 46.2 Å². The van der Waals surface area contributed by atoms with Gasteiger partial charge in [0, 0.05) is 30.6 Å². The van der Waals surface area contributed by atoms with Gasteiger partial charge in [-0.1, -0.05) is 26.0 Å². The Balaban J connectivity index is 0.000000220. The first-order chi connectivity index (χ1) is 17.3. The maximum atomic E-state index is 11.9. The van der Waals surface area contributed by atoms with Gasteiger partial charge in [0.05, 0.1) is 16.1 Å². The zero-order valence-electron chi connectivity index (χ0n) is 20.5. The molecule has 2 unspecified atom stereocenters. The highest BCUT2D eigenvalue weighted by Crippen LogP contribution is 2.64. The molecule has 2 aromatic rings. The maximum Gasteiger partial charge on any atom is 0.293 e. The summed E-state index contributed by atoms with van der Waals surface area (Å²) in [5.74, 6) is 4.81. The van der Waals surface area contributed by atoms with Crippen LogP contribution in [0.5, 0.6) is 0 Å². The molecular formula is C24H30N6O6S. The van der Waals surface area contributed by atoms with Crippen LogP contribution in [0.3, 0.4) is 0 Å². The predicted molar refractivity (Wildman–Crippen MR) is 141 cm³/mol. The summed E-state index contributed by atoms with van der Waals surface area (Å²) in [6, 6.07) is 10.1. The van der Waals surface area contributed by atoms with Gasteiger partial charge in [-0.25, -0.2) is 4.99 Å². The first kappa shape index (κ1) is 27.7. The van der Waals surface area contributed by atoms with Crippen molar-refractivity contribution in [3.8, 4) is 5.69 Å². The number of benzene rings is 1. The van der Waals surface area contributed by atoms with Crippen molar-refractivity contribution in [3.63, 3.8) is 0 Å². The maximum absolute atomic E-state index is 11.9. The SMILES string of the molecule is CC1(C)C2CCC1(CS(=O)(=O)O)C(=O)C2.NN=C(N)N=CC=Cc1cccn1-c1ccccc1[N+](=O)[O-]. The Kier molecular flexibility index (Phi) is 7.98. The van der Waals surface area contributed by atoms with Gasteiger partial charge in [-0.05, 0) is 54.5 Å². The third-order valence-corrected chi connectivity index (χ3v) is 8.24. The summed E-state index contributed by atoms with van der Waals surface area (Å²) in [6.07, 6.45) is 8.53. The molecule has 12 nitrogen and oxygen atoms in total. The molecule has 2 aliphatic carbocycles. The summed E-state index contributed by atoms with van der Waals surface area (Å²) in [5.41, 5.74) is 5.47. The number of allylic oxidation sites excluding steroid dienone is 1. The smallest absolute Gasteiger partial charge is 0.293 e. The zero-order chi connectivity index (χ0) is 27.4. The molecule has 1 aromatic carbocycles. The van der Waals surface area contributed by atoms with Gasteiger partial charge in [0.2, 0.25) is 5.96 Å². The quantitative estimate of drug-likeness (QED) is 0.126. The lowest BCUT2D eigenvalue weighted by atomic mass is 9.70. The Morgan fingerprint density at radius 2 is 2.00 bits per heavy atom. The van der Waals surface area contributed by atoms with E-state index in [2.05, 4.69) is 10.1 Å². The molecular weight excluding hydrogens is 500 g/mol. The van der Waals surface area contributed by atoms with Crippen LogP contribution >= 0.6 is 0 Å². The van der Waals surface area contributed by atoms with Crippen LogP contribution in [-0.2, 0) is 14.9 Å². The number of nitro groups is 1. The molecule has 1 heterocycles. The van der Waals surface area contributed by atoms with Gasteiger partial charge in [-0.3, -0.25) is 19.5 Å². The molecule has 13 heteroatoms. The van der Waals surface area contributed by atoms with E-state index in [0.717, 1.165) is 12.1 Å². The monoisotopic (exact) mass is 530 g/mol. The Bertz CT molecular complexity index is 1380. The minimum absolute atomic E-state index is 0.0152. The van der Waals surface area contributed by atoms with Crippen molar-refractivity contribution in [1.29, 1.82) is 0 Å². The number of nitro benzene ring substituents is 1. The molecule has 1 aromatic heterocycles. The molecule has 5 N–H and O–H groups in total. The molecule has 2 aliphatic rings. The molecule has 0 radical (unpaired) electrons. The number of hydrogen-bond acceptors (Lipinski definition) is 7. The van der Waals surface area contributed by atoms with E-state index in [1.807, 2.05) is 19.9 Å². The van der Waals surface area contributed by atoms with Crippen molar-refractivity contribution in [3.05, 3.63) is 64.5 Å². The van der Waals surface area contributed by atoms with Crippen LogP contribution in [0.25, 0.3) is 11.8 Å². The fourth-order valence-electron chi connectivity index (χ4n) is 5.29. The molecule has 4 rings (SSSR count). The van der Waals surface area contributed by atoms with Crippen molar-refractivity contribution in [2.24, 2.45) is 38.4 Å². The van der Waals surface area contributed by atoms with E-state index in [-0.39, 0.29) is 28.8 Å². The number of ketones is 1. The van der Waals surface area contributed by atoms with Crippen molar-refractivity contribution in [2.45, 2.75) is 33.1 Å². The third-order valence-electron chi connectivity index (χ3n) is 7.38. The molecule has 0 spiro atoms. The second kappa shape index (κ2) is 10.6. The molecule has 0 aliphatic heterocycles. The van der Waals surface area contributed by atoms with Crippen LogP contribution in [0.1, 0.15) is 38.8 Å². The number of rotatable bonds is 6. The van der Waals surface area contributed by atoms with Gasteiger partial charge >= 0.3 is 0 Å². The number of guanidine groups is 1. The largest absolute Gasteiger partial charge is 0.367 e. The fraction of sp³-hybridized carbons (Fsp3) is 0.375. The zero-order valence-corrected chi connectivity index (χ0v) is 21.3. The number of aromatic nitrogens is 1. The highest BCUT2D eigenvalue weighted by molar-refractivity contribution is 7.85. The average Bonchev–Trinajstić information content (AvgIpc) is 3.44. The van der Waals surface area contributed by atoms with Crippen LogP contribution < -0.4 is 11.6 Å². The normalized spacial score (nSPS) is 22.9. The number of carbonyl (C=O) groups excluding carboxylic acids is 1. The van der Waals surface area contributed by atoms with Crippen LogP contribution in [0, 0.1) is 26.9 Å². The number of para-hydroxylation sites is 2. The van der Waals surface area contributed by atoms with Crippen molar-refractivity contribution < 1.29 is 22.7 Å². The van der Waals surface area contributed by atoms with Crippen molar-refractivity contribution >= 4 is 39.8 Å². The number of hydrazone groups is 1. The van der Waals surface area contributed by atoms with Gasteiger partial charge in [-0.15, -0.1) is 5.10 Å². The van der Waals surface area contributed by atoms with E-state index in [0.29, 0.717) is 18.5 Å². The number of Topliss-reactive ketones (excluding diaryl/α,β-unsaturated/α-hetero) is 1. The number of aliphatic imine (C=N–C) groups is 1. The van der Waals surface area contributed by atoms with E-state index >= 15 is 0 Å². The summed E-state index contributed by atoms with van der Waals surface area (Å²) < 4.78 is 32.7. The van der Waals surface area contributed by atoms with Crippen LogP contribution in [0.15, 0.2) is 58.8 Å². The second-order valence-corrected chi connectivity index (χ2v) is 11.0. The average molecular weight is 531 g/mol. The predicted octanol–water partition coefficient (Wildman–Crippen LogP) is 2.93. The van der Waals surface area contributed by atoms with Gasteiger partial charge in [0.25, 0.3) is 15.8 Å². The van der Waals surface area contributed by atoms with Gasteiger partial charge in [0.1, 0.15) is 11.5 Å². The Morgan fingerprint density at radius 1 is 1.30 bits per heavy atom. The Hall–Kier alpha value is -3.84. The highest BCUT2D eigenvalue weighted by atomic mass is 32.2. The fourth-order valence-corrected chi connectivity index (χ4v) is 6.59. The molecule has 2 fully saturated rings. The van der Waals surface area contributed by atoms with E-state index in [1.54, 1.807) is 47.2 Å². The number of carbonyl (C=O) groups is 1. The molecule has 37 heavy (non-hydrogen) atoms. The number of hydrogen-bond donors (Lipinski definition) is 3. The third kappa shape index (κ3) is 5.78. The summed E-state index contributed by atoms with van der Waals surface area (Å²) in [4.78, 5) is 26.3. The lowest BCUT2D eigenvalue weighted by Gasteiger charge is -2.35. The molecule has 2 bridgehead atoms. The molecule has 2 atom stereocenters. The Labute approximate surface area is 214 Å². The molecule has 0 saturated heterocycles. The van der Waals surface area contributed by atoms with Crippen molar-refractivity contribution in [2.75, 3.05) is 5.75 Å². The summed E-state index contributed by atoms with van der Waals surface area (Å²) in [6.45, 7) is 3.89. The molecule has 2 saturated carbocycles. The summed E-state index contributed by atoms with van der Waals surface area (Å²) >= 11 is 0. The Morgan fingerprint density at radius 3 is 2.57 bits per heavy atom. The lowest BCUT2D eigenvalue weighted by molar-refractivity contribution is -0.384. The lowest BCUT2D eigenvalue weighted by Crippen LogP contribution is -2.42.